The number of hydrogen-bond acceptors (Lipinski definition) is 4. The van der Waals surface area contributed by atoms with Crippen LogP contribution in [0.3, 0.4) is 0 Å². The summed E-state index contributed by atoms with van der Waals surface area (Å²) in [7, 11) is 1.70. The van der Waals surface area contributed by atoms with Crippen LogP contribution in [-0.2, 0) is 0 Å². The number of likely N-dealkylation sites (N-methyl/N-ethyl adjacent to an activating group) is 1. The van der Waals surface area contributed by atoms with Gasteiger partial charge in [-0.1, -0.05) is 12.1 Å². The van der Waals surface area contributed by atoms with Gasteiger partial charge in [0, 0.05) is 25.7 Å². The molecule has 7 heteroatoms. The lowest BCUT2D eigenvalue weighted by atomic mass is 10.0. The van der Waals surface area contributed by atoms with Crippen LogP contribution in [0.15, 0.2) is 18.2 Å². The van der Waals surface area contributed by atoms with Crippen LogP contribution in [-0.4, -0.2) is 41.9 Å². The van der Waals surface area contributed by atoms with Crippen LogP contribution in [0.4, 0.5) is 5.69 Å². The van der Waals surface area contributed by atoms with E-state index in [1.54, 1.807) is 31.0 Å². The highest BCUT2D eigenvalue weighted by Gasteiger charge is 2.29. The lowest BCUT2D eigenvalue weighted by Gasteiger charge is -2.24. The molecule has 0 radical (unpaired) electrons. The van der Waals surface area contributed by atoms with Crippen LogP contribution in [0.25, 0.3) is 0 Å². The monoisotopic (exact) mass is 299 g/mol. The van der Waals surface area contributed by atoms with Crippen LogP contribution in [0.1, 0.15) is 22.3 Å². The Balaban J connectivity index is 0.00000200. The summed E-state index contributed by atoms with van der Waals surface area (Å²) in [4.78, 5) is 24.6. The zero-order valence-corrected chi connectivity index (χ0v) is 12.3. The summed E-state index contributed by atoms with van der Waals surface area (Å²) in [5.41, 5.74) is 0.710. The summed E-state index contributed by atoms with van der Waals surface area (Å²) in [5.74, 6) is -0.279. The number of nitrogens with one attached hydrogen (secondary N) is 1. The van der Waals surface area contributed by atoms with Crippen molar-refractivity contribution in [3.8, 4) is 0 Å². The van der Waals surface area contributed by atoms with E-state index in [4.69, 9.17) is 0 Å². The molecule has 2 rings (SSSR count). The van der Waals surface area contributed by atoms with Crippen molar-refractivity contribution in [2.24, 2.45) is 0 Å². The average molecular weight is 300 g/mol. The van der Waals surface area contributed by atoms with Gasteiger partial charge in [-0.15, -0.1) is 12.4 Å². The van der Waals surface area contributed by atoms with Crippen LogP contribution in [0, 0.1) is 17.0 Å². The highest BCUT2D eigenvalue weighted by atomic mass is 35.5. The largest absolute Gasteiger partial charge is 0.337 e. The van der Waals surface area contributed by atoms with E-state index < -0.39 is 4.92 Å². The fraction of sp³-hybridized carbons (Fsp3) is 0.462. The lowest BCUT2D eigenvalue weighted by molar-refractivity contribution is -0.385. The molecule has 0 aromatic heterocycles. The van der Waals surface area contributed by atoms with E-state index in [9.17, 15) is 14.9 Å². The van der Waals surface area contributed by atoms with Crippen molar-refractivity contribution in [3.63, 3.8) is 0 Å². The second-order valence-electron chi connectivity index (χ2n) is 4.79. The Morgan fingerprint density at radius 3 is 2.75 bits per heavy atom. The van der Waals surface area contributed by atoms with Gasteiger partial charge in [0.05, 0.1) is 4.92 Å². The Bertz CT molecular complexity index is 516. The quantitative estimate of drug-likeness (QED) is 0.681. The maximum Gasteiger partial charge on any atom is 0.282 e. The number of nitro groups is 1. The number of rotatable bonds is 3. The molecule has 1 aliphatic heterocycles. The Hall–Kier alpha value is -1.66. The molecule has 1 atom stereocenters. The van der Waals surface area contributed by atoms with E-state index in [0.717, 1.165) is 19.5 Å². The van der Waals surface area contributed by atoms with Gasteiger partial charge in [0.1, 0.15) is 5.56 Å². The number of carbonyl (C=O) groups is 1. The molecule has 1 aliphatic rings. The third kappa shape index (κ3) is 3.08. The first-order valence-corrected chi connectivity index (χ1v) is 6.24. The minimum Gasteiger partial charge on any atom is -0.337 e. The Labute approximate surface area is 123 Å². The summed E-state index contributed by atoms with van der Waals surface area (Å²) in [6, 6.07) is 4.80. The summed E-state index contributed by atoms with van der Waals surface area (Å²) >= 11 is 0. The van der Waals surface area contributed by atoms with Gasteiger partial charge in [0.2, 0.25) is 0 Å². The van der Waals surface area contributed by atoms with Gasteiger partial charge in [0.25, 0.3) is 11.6 Å². The molecule has 1 aromatic carbocycles. The number of benzene rings is 1. The molecule has 0 bridgehead atoms. The summed E-state index contributed by atoms with van der Waals surface area (Å²) in [5, 5.41) is 14.2. The normalized spacial score (nSPS) is 17.4. The van der Waals surface area contributed by atoms with Crippen molar-refractivity contribution in [2.45, 2.75) is 19.4 Å². The number of aryl methyl sites for hydroxylation is 1. The number of nitro benzene ring substituents is 1. The molecule has 0 aliphatic carbocycles. The summed E-state index contributed by atoms with van der Waals surface area (Å²) < 4.78 is 0. The Kier molecular flexibility index (Phi) is 5.47. The fourth-order valence-electron chi connectivity index (χ4n) is 2.39. The molecule has 110 valence electrons. The predicted molar refractivity (Wildman–Crippen MR) is 78.4 cm³/mol. The Morgan fingerprint density at radius 1 is 1.50 bits per heavy atom. The molecular formula is C13H18ClN3O3. The van der Waals surface area contributed by atoms with Crippen molar-refractivity contribution in [3.05, 3.63) is 39.4 Å². The maximum atomic E-state index is 12.5. The van der Waals surface area contributed by atoms with Gasteiger partial charge >= 0.3 is 0 Å². The third-order valence-electron chi connectivity index (χ3n) is 3.56. The lowest BCUT2D eigenvalue weighted by Crippen LogP contribution is -2.38. The molecule has 1 N–H and O–H groups in total. The number of hydrogen-bond donors (Lipinski definition) is 1. The smallest absolute Gasteiger partial charge is 0.282 e. The van der Waals surface area contributed by atoms with E-state index in [1.165, 1.54) is 6.07 Å². The molecule has 20 heavy (non-hydrogen) atoms. The highest BCUT2D eigenvalue weighted by Crippen LogP contribution is 2.24. The summed E-state index contributed by atoms with van der Waals surface area (Å²) in [6.45, 7) is 3.33. The molecule has 1 fully saturated rings. The second-order valence-corrected chi connectivity index (χ2v) is 4.79. The SMILES string of the molecule is Cc1cccc([N+](=O)[O-])c1C(=O)N(C)C1CCNC1.Cl. The fourth-order valence-corrected chi connectivity index (χ4v) is 2.39. The van der Waals surface area contributed by atoms with Crippen LogP contribution >= 0.6 is 12.4 Å². The average Bonchev–Trinajstić information content (AvgIpc) is 2.90. The van der Waals surface area contributed by atoms with Gasteiger partial charge in [0.15, 0.2) is 0 Å². The third-order valence-corrected chi connectivity index (χ3v) is 3.56. The molecule has 1 aromatic rings. The standard InChI is InChI=1S/C13H17N3O3.ClH/c1-9-4-3-5-11(16(18)19)12(9)13(17)15(2)10-6-7-14-8-10;/h3-5,10,14H,6-8H2,1-2H3;1H. The first-order chi connectivity index (χ1) is 9.02. The number of carbonyl (C=O) groups excluding carboxylic acids is 1. The topological polar surface area (TPSA) is 75.5 Å². The predicted octanol–water partition coefficient (Wildman–Crippen LogP) is 1.76. The zero-order chi connectivity index (χ0) is 14.0. The minimum atomic E-state index is -0.499. The van der Waals surface area contributed by atoms with Crippen molar-refractivity contribution >= 4 is 24.0 Å². The van der Waals surface area contributed by atoms with Gasteiger partial charge in [-0.3, -0.25) is 14.9 Å². The highest BCUT2D eigenvalue weighted by molar-refractivity contribution is 5.99. The van der Waals surface area contributed by atoms with E-state index in [0.29, 0.717) is 5.56 Å². The molecule has 6 nitrogen and oxygen atoms in total. The first-order valence-electron chi connectivity index (χ1n) is 6.24. The number of nitrogens with zero attached hydrogens (tertiary/aromatic N) is 2. The minimum absolute atomic E-state index is 0. The van der Waals surface area contributed by atoms with E-state index in [1.807, 2.05) is 0 Å². The van der Waals surface area contributed by atoms with Crippen molar-refractivity contribution < 1.29 is 9.72 Å². The second kappa shape index (κ2) is 6.67. The van der Waals surface area contributed by atoms with Crippen molar-refractivity contribution in [2.75, 3.05) is 20.1 Å². The molecule has 1 amide bonds. The van der Waals surface area contributed by atoms with Crippen LogP contribution in [0.5, 0.6) is 0 Å². The molecular weight excluding hydrogens is 282 g/mol. The molecule has 1 unspecified atom stereocenters. The Morgan fingerprint density at radius 2 is 2.20 bits per heavy atom. The van der Waals surface area contributed by atoms with Crippen molar-refractivity contribution in [1.82, 2.24) is 10.2 Å². The molecule has 0 spiro atoms. The van der Waals surface area contributed by atoms with Crippen LogP contribution in [0.2, 0.25) is 0 Å². The maximum absolute atomic E-state index is 12.5. The number of amides is 1. The zero-order valence-electron chi connectivity index (χ0n) is 11.5. The van der Waals surface area contributed by atoms with E-state index >= 15 is 0 Å². The molecule has 0 saturated carbocycles. The van der Waals surface area contributed by atoms with Crippen LogP contribution < -0.4 is 5.32 Å². The molecule has 1 saturated heterocycles. The van der Waals surface area contributed by atoms with E-state index in [-0.39, 0.29) is 35.6 Å². The first kappa shape index (κ1) is 16.4. The van der Waals surface area contributed by atoms with E-state index in [2.05, 4.69) is 5.32 Å². The van der Waals surface area contributed by atoms with Crippen molar-refractivity contribution in [1.29, 1.82) is 0 Å². The van der Waals surface area contributed by atoms with Gasteiger partial charge in [-0.05, 0) is 25.5 Å². The summed E-state index contributed by atoms with van der Waals surface area (Å²) in [6.07, 6.45) is 0.877. The number of halogens is 1. The molecule has 1 heterocycles. The van der Waals surface area contributed by atoms with Gasteiger partial charge in [-0.25, -0.2) is 0 Å². The van der Waals surface area contributed by atoms with Gasteiger partial charge < -0.3 is 10.2 Å². The van der Waals surface area contributed by atoms with Gasteiger partial charge in [-0.2, -0.15) is 0 Å².